The summed E-state index contributed by atoms with van der Waals surface area (Å²) in [6, 6.07) is 2.32. The average molecular weight is 276 g/mol. The molecule has 0 bridgehead atoms. The van der Waals surface area contributed by atoms with Gasteiger partial charge in [-0.05, 0) is 13.0 Å². The van der Waals surface area contributed by atoms with Gasteiger partial charge in [-0.25, -0.2) is 4.79 Å². The first-order valence-corrected chi connectivity index (χ1v) is 5.19. The normalized spacial score (nSPS) is 10.5. The van der Waals surface area contributed by atoms with Crippen molar-refractivity contribution in [3.63, 3.8) is 0 Å². The molecule has 17 heavy (non-hydrogen) atoms. The Hall–Kier alpha value is -1.59. The highest BCUT2D eigenvalue weighted by atomic mass is 35.5. The molecule has 1 aromatic rings. The van der Waals surface area contributed by atoms with Crippen LogP contribution < -0.4 is 4.74 Å². The summed E-state index contributed by atoms with van der Waals surface area (Å²) in [6.45, 7) is 1.61. The second-order valence-corrected chi connectivity index (χ2v) is 3.76. The van der Waals surface area contributed by atoms with Crippen LogP contribution in [-0.2, 0) is 4.79 Å². The van der Waals surface area contributed by atoms with Crippen molar-refractivity contribution in [3.8, 4) is 5.75 Å². The van der Waals surface area contributed by atoms with E-state index in [0.717, 1.165) is 12.1 Å². The van der Waals surface area contributed by atoms with Gasteiger partial charge in [-0.15, -0.1) is 0 Å². The number of carbonyl (C=O) groups is 1. The van der Waals surface area contributed by atoms with Crippen LogP contribution in [0, 0.1) is 10.1 Å². The van der Waals surface area contributed by atoms with E-state index in [-0.39, 0.29) is 15.8 Å². The van der Waals surface area contributed by atoms with E-state index in [0.29, 0.717) is 0 Å². The molecule has 0 aliphatic carbocycles. The Bertz CT molecular complexity index is 499. The smallest absolute Gasteiger partial charge is 0.336 e. The Morgan fingerprint density at radius 3 is 2.65 bits per heavy atom. The summed E-state index contributed by atoms with van der Waals surface area (Å²) in [5.74, 6) is -1.07. The SMILES string of the molecule is CC=CC(=O)Oc1c(Cl)cc(Cl)cc1[N+](=O)[O-]. The second-order valence-electron chi connectivity index (χ2n) is 2.91. The van der Waals surface area contributed by atoms with E-state index in [4.69, 9.17) is 27.9 Å². The maximum atomic E-state index is 11.2. The molecule has 0 saturated carbocycles. The number of rotatable bonds is 3. The fraction of sp³-hybridized carbons (Fsp3) is 0.100. The van der Waals surface area contributed by atoms with E-state index in [9.17, 15) is 14.9 Å². The summed E-state index contributed by atoms with van der Waals surface area (Å²) in [5, 5.41) is 10.7. The van der Waals surface area contributed by atoms with E-state index in [2.05, 4.69) is 0 Å². The maximum Gasteiger partial charge on any atom is 0.336 e. The lowest BCUT2D eigenvalue weighted by Crippen LogP contribution is -2.06. The van der Waals surface area contributed by atoms with Crippen LogP contribution in [0.15, 0.2) is 24.3 Å². The molecule has 0 atom stereocenters. The van der Waals surface area contributed by atoms with Crippen molar-refractivity contribution in [1.82, 2.24) is 0 Å². The van der Waals surface area contributed by atoms with Crippen LogP contribution in [0.1, 0.15) is 6.92 Å². The molecule has 0 aliphatic heterocycles. The van der Waals surface area contributed by atoms with E-state index in [1.165, 1.54) is 12.1 Å². The number of ether oxygens (including phenoxy) is 1. The minimum absolute atomic E-state index is 0.0903. The zero-order chi connectivity index (χ0) is 13.0. The summed E-state index contributed by atoms with van der Waals surface area (Å²) >= 11 is 11.4. The number of halogens is 2. The molecule has 90 valence electrons. The monoisotopic (exact) mass is 275 g/mol. The fourth-order valence-corrected chi connectivity index (χ4v) is 1.58. The summed E-state index contributed by atoms with van der Waals surface area (Å²) < 4.78 is 4.78. The highest BCUT2D eigenvalue weighted by molar-refractivity contribution is 6.36. The zero-order valence-corrected chi connectivity index (χ0v) is 10.2. The first-order valence-electron chi connectivity index (χ1n) is 4.43. The molecule has 0 saturated heterocycles. The first-order chi connectivity index (χ1) is 7.95. The van der Waals surface area contributed by atoms with Crippen molar-refractivity contribution in [3.05, 3.63) is 44.4 Å². The lowest BCUT2D eigenvalue weighted by molar-refractivity contribution is -0.385. The Balaban J connectivity index is 3.21. The standard InChI is InChI=1S/C10H7Cl2NO4/c1-2-3-9(14)17-10-7(12)4-6(11)5-8(10)13(15)16/h2-5H,1H3. The average Bonchev–Trinajstić information content (AvgIpc) is 2.21. The molecule has 7 heteroatoms. The quantitative estimate of drug-likeness (QED) is 0.279. The third kappa shape index (κ3) is 3.44. The molecule has 0 amide bonds. The van der Waals surface area contributed by atoms with Gasteiger partial charge in [-0.2, -0.15) is 0 Å². The van der Waals surface area contributed by atoms with Gasteiger partial charge in [0.05, 0.1) is 9.95 Å². The fourth-order valence-electron chi connectivity index (χ4n) is 1.05. The summed E-state index contributed by atoms with van der Waals surface area (Å²) in [6.07, 6.45) is 2.56. The summed E-state index contributed by atoms with van der Waals surface area (Å²) in [4.78, 5) is 21.2. The van der Waals surface area contributed by atoms with Gasteiger partial charge in [0, 0.05) is 17.2 Å². The first kappa shape index (κ1) is 13.5. The van der Waals surface area contributed by atoms with E-state index in [1.807, 2.05) is 0 Å². The molecule has 0 spiro atoms. The van der Waals surface area contributed by atoms with Crippen LogP contribution in [-0.4, -0.2) is 10.9 Å². The van der Waals surface area contributed by atoms with E-state index < -0.39 is 16.6 Å². The van der Waals surface area contributed by atoms with Crippen molar-refractivity contribution < 1.29 is 14.5 Å². The van der Waals surface area contributed by atoms with Crippen LogP contribution in [0.5, 0.6) is 5.75 Å². The third-order valence-electron chi connectivity index (χ3n) is 1.69. The van der Waals surface area contributed by atoms with Gasteiger partial charge in [0.25, 0.3) is 0 Å². The number of benzene rings is 1. The Morgan fingerprint density at radius 1 is 1.47 bits per heavy atom. The van der Waals surface area contributed by atoms with Crippen molar-refractivity contribution in [1.29, 1.82) is 0 Å². The summed E-state index contributed by atoms with van der Waals surface area (Å²) in [5.41, 5.74) is -0.458. The van der Waals surface area contributed by atoms with Crippen LogP contribution >= 0.6 is 23.2 Å². The number of nitro benzene ring substituents is 1. The number of carbonyl (C=O) groups excluding carboxylic acids is 1. The van der Waals surface area contributed by atoms with Crippen LogP contribution in [0.4, 0.5) is 5.69 Å². The molecule has 0 heterocycles. The van der Waals surface area contributed by atoms with Crippen LogP contribution in [0.3, 0.4) is 0 Å². The van der Waals surface area contributed by atoms with Gasteiger partial charge < -0.3 is 4.74 Å². The van der Waals surface area contributed by atoms with Crippen molar-refractivity contribution >= 4 is 34.9 Å². The molecule has 0 fully saturated rings. The predicted molar refractivity (Wildman–Crippen MR) is 63.6 cm³/mol. The largest absolute Gasteiger partial charge is 0.414 e. The molecule has 0 unspecified atom stereocenters. The molecule has 0 aliphatic rings. The molecule has 1 aromatic carbocycles. The molecule has 0 aromatic heterocycles. The molecule has 0 radical (unpaired) electrons. The van der Waals surface area contributed by atoms with Crippen molar-refractivity contribution in [2.24, 2.45) is 0 Å². The van der Waals surface area contributed by atoms with E-state index >= 15 is 0 Å². The number of hydrogen-bond donors (Lipinski definition) is 0. The number of nitrogens with zero attached hydrogens (tertiary/aromatic N) is 1. The van der Waals surface area contributed by atoms with Gasteiger partial charge in [-0.1, -0.05) is 29.3 Å². The van der Waals surface area contributed by atoms with Gasteiger partial charge in [-0.3, -0.25) is 10.1 Å². The number of hydrogen-bond acceptors (Lipinski definition) is 4. The highest BCUT2D eigenvalue weighted by Gasteiger charge is 2.22. The number of nitro groups is 1. The molecule has 1 rings (SSSR count). The van der Waals surface area contributed by atoms with Gasteiger partial charge in [0.1, 0.15) is 0 Å². The maximum absolute atomic E-state index is 11.2. The third-order valence-corrected chi connectivity index (χ3v) is 2.19. The second kappa shape index (κ2) is 5.65. The lowest BCUT2D eigenvalue weighted by atomic mass is 10.3. The minimum Gasteiger partial charge on any atom is -0.414 e. The highest BCUT2D eigenvalue weighted by Crippen LogP contribution is 2.37. The van der Waals surface area contributed by atoms with Gasteiger partial charge in [0.2, 0.25) is 5.75 Å². The zero-order valence-electron chi connectivity index (χ0n) is 8.65. The number of esters is 1. The van der Waals surface area contributed by atoms with Crippen LogP contribution in [0.25, 0.3) is 0 Å². The van der Waals surface area contributed by atoms with Crippen LogP contribution in [0.2, 0.25) is 10.0 Å². The Labute approximate surface area is 107 Å². The molecule has 0 N–H and O–H groups in total. The topological polar surface area (TPSA) is 69.4 Å². The number of allylic oxidation sites excluding steroid dienone is 1. The van der Waals surface area contributed by atoms with Crippen molar-refractivity contribution in [2.45, 2.75) is 6.92 Å². The van der Waals surface area contributed by atoms with E-state index in [1.54, 1.807) is 6.92 Å². The summed E-state index contributed by atoms with van der Waals surface area (Å²) in [7, 11) is 0. The van der Waals surface area contributed by atoms with Gasteiger partial charge >= 0.3 is 11.7 Å². The Morgan fingerprint density at radius 2 is 2.12 bits per heavy atom. The molecular weight excluding hydrogens is 269 g/mol. The minimum atomic E-state index is -0.750. The molecule has 5 nitrogen and oxygen atoms in total. The van der Waals surface area contributed by atoms with Crippen molar-refractivity contribution in [2.75, 3.05) is 0 Å². The molecular formula is C10H7Cl2NO4. The Kier molecular flexibility index (Phi) is 4.48. The lowest BCUT2D eigenvalue weighted by Gasteiger charge is -2.05. The predicted octanol–water partition coefficient (Wildman–Crippen LogP) is 3.38. The van der Waals surface area contributed by atoms with Gasteiger partial charge in [0.15, 0.2) is 0 Å².